The van der Waals surface area contributed by atoms with Crippen LogP contribution in [0.15, 0.2) is 54.1 Å². The summed E-state index contributed by atoms with van der Waals surface area (Å²) < 4.78 is 25.9. The minimum atomic E-state index is -1.01. The number of amides is 1. The average Bonchev–Trinajstić information content (AvgIpc) is 3.09. The second kappa shape index (κ2) is 11.0. The van der Waals surface area contributed by atoms with Crippen molar-refractivity contribution in [3.8, 4) is 5.75 Å². The van der Waals surface area contributed by atoms with E-state index in [1.165, 1.54) is 11.0 Å². The fourth-order valence-corrected chi connectivity index (χ4v) is 4.54. The number of morpholine rings is 1. The van der Waals surface area contributed by atoms with Gasteiger partial charge in [0.2, 0.25) is 0 Å². The first-order chi connectivity index (χ1) is 16.9. The molecule has 8 heteroatoms. The van der Waals surface area contributed by atoms with Crippen LogP contribution >= 0.6 is 0 Å². The lowest BCUT2D eigenvalue weighted by Crippen LogP contribution is -2.39. The highest BCUT2D eigenvalue weighted by atomic mass is 19.1. The molecular formula is C27H31FN2O5. The number of aliphatic hydroxyl groups excluding tert-OH is 1. The molecule has 1 amide bonds. The minimum absolute atomic E-state index is 0.0155. The molecule has 35 heavy (non-hydrogen) atoms. The van der Waals surface area contributed by atoms with E-state index in [2.05, 4.69) is 4.90 Å². The van der Waals surface area contributed by atoms with Gasteiger partial charge in [0.15, 0.2) is 0 Å². The number of Topliss-reactive ketones (excluding diaryl/α,β-unsaturated/α-hetero) is 1. The Morgan fingerprint density at radius 3 is 2.43 bits per heavy atom. The maximum absolute atomic E-state index is 14.9. The quantitative estimate of drug-likeness (QED) is 0.351. The van der Waals surface area contributed by atoms with E-state index >= 15 is 0 Å². The molecule has 4 rings (SSSR count). The average molecular weight is 483 g/mol. The van der Waals surface area contributed by atoms with Crippen LogP contribution in [0, 0.1) is 5.82 Å². The van der Waals surface area contributed by atoms with Gasteiger partial charge in [-0.15, -0.1) is 0 Å². The van der Waals surface area contributed by atoms with Crippen molar-refractivity contribution in [1.82, 2.24) is 9.80 Å². The molecule has 0 radical (unpaired) electrons. The molecule has 2 aliphatic heterocycles. The van der Waals surface area contributed by atoms with Crippen molar-refractivity contribution in [2.75, 3.05) is 39.4 Å². The van der Waals surface area contributed by atoms with Gasteiger partial charge in [-0.1, -0.05) is 18.2 Å². The van der Waals surface area contributed by atoms with E-state index in [-0.39, 0.29) is 29.5 Å². The molecule has 2 heterocycles. The van der Waals surface area contributed by atoms with Gasteiger partial charge in [-0.25, -0.2) is 4.39 Å². The molecule has 2 fully saturated rings. The minimum Gasteiger partial charge on any atom is -0.507 e. The monoisotopic (exact) mass is 482 g/mol. The highest BCUT2D eigenvalue weighted by Gasteiger charge is 2.46. The van der Waals surface area contributed by atoms with Gasteiger partial charge in [0.1, 0.15) is 17.3 Å². The Hall–Kier alpha value is -3.23. The number of aliphatic hydroxyl groups is 1. The number of nitrogens with zero attached hydrogens (tertiary/aromatic N) is 2. The molecule has 2 saturated heterocycles. The van der Waals surface area contributed by atoms with Gasteiger partial charge in [-0.05, 0) is 50.6 Å². The Morgan fingerprint density at radius 2 is 1.77 bits per heavy atom. The third-order valence-corrected chi connectivity index (χ3v) is 6.22. The van der Waals surface area contributed by atoms with Crippen LogP contribution in [-0.4, -0.2) is 72.1 Å². The smallest absolute Gasteiger partial charge is 0.295 e. The van der Waals surface area contributed by atoms with Crippen LogP contribution in [0.3, 0.4) is 0 Å². The number of ether oxygens (including phenoxy) is 2. The van der Waals surface area contributed by atoms with Gasteiger partial charge in [0.25, 0.3) is 11.7 Å². The van der Waals surface area contributed by atoms with Gasteiger partial charge in [-0.3, -0.25) is 14.5 Å². The summed E-state index contributed by atoms with van der Waals surface area (Å²) in [6, 6.07) is 11.7. The van der Waals surface area contributed by atoms with Crippen molar-refractivity contribution in [3.05, 3.63) is 71.0 Å². The summed E-state index contributed by atoms with van der Waals surface area (Å²) in [7, 11) is 0. The summed E-state index contributed by atoms with van der Waals surface area (Å²) in [5.41, 5.74) is 0.428. The summed E-state index contributed by atoms with van der Waals surface area (Å²) in [5.74, 6) is -1.80. The first kappa shape index (κ1) is 24.9. The van der Waals surface area contributed by atoms with Crippen LogP contribution < -0.4 is 4.74 Å². The maximum Gasteiger partial charge on any atom is 0.295 e. The Bertz CT molecular complexity index is 1090. The number of hydrogen-bond acceptors (Lipinski definition) is 6. The summed E-state index contributed by atoms with van der Waals surface area (Å²) in [4.78, 5) is 29.8. The fourth-order valence-electron chi connectivity index (χ4n) is 4.54. The van der Waals surface area contributed by atoms with Crippen LogP contribution in [0.1, 0.15) is 37.4 Å². The molecule has 1 atom stereocenters. The third-order valence-electron chi connectivity index (χ3n) is 6.22. The van der Waals surface area contributed by atoms with E-state index in [1.54, 1.807) is 42.5 Å². The van der Waals surface area contributed by atoms with Crippen LogP contribution in [-0.2, 0) is 14.3 Å². The normalized spacial score (nSPS) is 20.6. The number of carbonyl (C=O) groups excluding carboxylic acids is 2. The van der Waals surface area contributed by atoms with Crippen molar-refractivity contribution in [1.29, 1.82) is 0 Å². The second-order valence-corrected chi connectivity index (χ2v) is 9.01. The summed E-state index contributed by atoms with van der Waals surface area (Å²) >= 11 is 0. The van der Waals surface area contributed by atoms with Crippen LogP contribution in [0.2, 0.25) is 0 Å². The zero-order valence-corrected chi connectivity index (χ0v) is 20.1. The third kappa shape index (κ3) is 5.55. The van der Waals surface area contributed by atoms with Gasteiger partial charge in [0.05, 0.1) is 30.9 Å². The van der Waals surface area contributed by atoms with Crippen molar-refractivity contribution >= 4 is 17.4 Å². The molecule has 2 aromatic carbocycles. The van der Waals surface area contributed by atoms with E-state index in [4.69, 9.17) is 9.47 Å². The summed E-state index contributed by atoms with van der Waals surface area (Å²) in [6.45, 7) is 7.76. The van der Waals surface area contributed by atoms with Crippen LogP contribution in [0.4, 0.5) is 4.39 Å². The molecule has 0 unspecified atom stereocenters. The largest absolute Gasteiger partial charge is 0.507 e. The lowest BCUT2D eigenvalue weighted by Gasteiger charge is -2.29. The van der Waals surface area contributed by atoms with Crippen LogP contribution in [0.25, 0.3) is 5.76 Å². The number of rotatable bonds is 8. The molecule has 1 N–H and O–H groups in total. The molecule has 2 aromatic rings. The topological polar surface area (TPSA) is 79.3 Å². The Kier molecular flexibility index (Phi) is 7.83. The zero-order chi connectivity index (χ0) is 24.9. The first-order valence-corrected chi connectivity index (χ1v) is 12.0. The maximum atomic E-state index is 14.9. The lowest BCUT2D eigenvalue weighted by molar-refractivity contribution is -0.140. The number of carbonyl (C=O) groups is 2. The van der Waals surface area contributed by atoms with E-state index in [0.29, 0.717) is 30.9 Å². The van der Waals surface area contributed by atoms with E-state index in [9.17, 15) is 19.1 Å². The van der Waals surface area contributed by atoms with Gasteiger partial charge in [-0.2, -0.15) is 0 Å². The predicted molar refractivity (Wildman–Crippen MR) is 129 cm³/mol. The highest BCUT2D eigenvalue weighted by molar-refractivity contribution is 6.46. The predicted octanol–water partition coefficient (Wildman–Crippen LogP) is 3.76. The van der Waals surface area contributed by atoms with Gasteiger partial charge < -0.3 is 19.5 Å². The molecule has 0 aromatic heterocycles. The number of hydrogen-bond donors (Lipinski definition) is 1. The molecule has 0 bridgehead atoms. The molecule has 186 valence electrons. The summed E-state index contributed by atoms with van der Waals surface area (Å²) in [5, 5.41) is 11.1. The standard InChI is InChI=1S/C27H31FN2O5/c1-18(2)35-20-10-8-19(9-11-20)25(31)23-24(21-6-3-4-7-22(21)28)30(27(33)26(23)32)13-5-12-29-14-16-34-17-15-29/h3-4,6-11,18,24,31H,5,12-17H2,1-2H3/t24-/m0/s1. The Balaban J connectivity index is 1.66. The van der Waals surface area contributed by atoms with Gasteiger partial charge >= 0.3 is 0 Å². The van der Waals surface area contributed by atoms with Gasteiger partial charge in [0, 0.05) is 37.3 Å². The number of likely N-dealkylation sites (tertiary alicyclic amines) is 1. The van der Waals surface area contributed by atoms with Crippen LogP contribution in [0.5, 0.6) is 5.75 Å². The lowest BCUT2D eigenvalue weighted by atomic mass is 9.95. The molecular weight excluding hydrogens is 451 g/mol. The Morgan fingerprint density at radius 1 is 1.09 bits per heavy atom. The number of ketones is 1. The number of benzene rings is 2. The molecule has 2 aliphatic rings. The zero-order valence-electron chi connectivity index (χ0n) is 20.1. The number of halogens is 1. The molecule has 0 spiro atoms. The Labute approximate surface area is 204 Å². The van der Waals surface area contributed by atoms with Crippen molar-refractivity contribution < 1.29 is 28.6 Å². The van der Waals surface area contributed by atoms with Crippen molar-refractivity contribution in [2.45, 2.75) is 32.4 Å². The van der Waals surface area contributed by atoms with Crippen molar-refractivity contribution in [2.24, 2.45) is 0 Å². The second-order valence-electron chi connectivity index (χ2n) is 9.01. The first-order valence-electron chi connectivity index (χ1n) is 12.0. The van der Waals surface area contributed by atoms with E-state index in [1.807, 2.05) is 13.8 Å². The molecule has 0 aliphatic carbocycles. The SMILES string of the molecule is CC(C)Oc1ccc(C(O)=C2C(=O)C(=O)N(CCCN3CCOCC3)[C@H]2c2ccccc2F)cc1. The summed E-state index contributed by atoms with van der Waals surface area (Å²) in [6.07, 6.45) is 0.595. The fraction of sp³-hybridized carbons (Fsp3) is 0.407. The molecule has 0 saturated carbocycles. The van der Waals surface area contributed by atoms with Crippen molar-refractivity contribution in [3.63, 3.8) is 0 Å². The molecule has 7 nitrogen and oxygen atoms in total. The van der Waals surface area contributed by atoms with E-state index < -0.39 is 23.5 Å². The van der Waals surface area contributed by atoms with E-state index in [0.717, 1.165) is 19.6 Å². The highest BCUT2D eigenvalue weighted by Crippen LogP contribution is 2.40.